The van der Waals surface area contributed by atoms with Gasteiger partial charge in [-0.05, 0) is 63.0 Å². The Morgan fingerprint density at radius 3 is 2.20 bits per heavy atom. The summed E-state index contributed by atoms with van der Waals surface area (Å²) in [6.45, 7) is 6.09. The van der Waals surface area contributed by atoms with Crippen LogP contribution in [0.5, 0.6) is 0 Å². The summed E-state index contributed by atoms with van der Waals surface area (Å²) in [5.74, 6) is 1.32. The standard InChI is InChI=1S/C21H30N2O2/c1-15-11-13-23(14-12-15)21(25)18-9-7-17(8-10-18)20(24)22-19-6-4-3-5-16(19)2/h3-6,15,17-18H,7-14H2,1-2H3,(H,22,24). The number of rotatable bonds is 3. The van der Waals surface area contributed by atoms with Crippen molar-refractivity contribution in [3.05, 3.63) is 29.8 Å². The van der Waals surface area contributed by atoms with Crippen molar-refractivity contribution in [2.75, 3.05) is 18.4 Å². The first-order valence-corrected chi connectivity index (χ1v) is 9.70. The topological polar surface area (TPSA) is 49.4 Å². The van der Waals surface area contributed by atoms with Crippen LogP contribution in [0.4, 0.5) is 5.69 Å². The van der Waals surface area contributed by atoms with Crippen molar-refractivity contribution in [3.63, 3.8) is 0 Å². The van der Waals surface area contributed by atoms with Crippen molar-refractivity contribution in [3.8, 4) is 0 Å². The van der Waals surface area contributed by atoms with E-state index in [0.717, 1.165) is 68.8 Å². The Bertz CT molecular complexity index is 612. The molecular weight excluding hydrogens is 312 g/mol. The van der Waals surface area contributed by atoms with Gasteiger partial charge < -0.3 is 10.2 Å². The number of amides is 2. The van der Waals surface area contributed by atoms with Gasteiger partial charge in [0.25, 0.3) is 0 Å². The minimum absolute atomic E-state index is 0.0324. The molecule has 25 heavy (non-hydrogen) atoms. The zero-order valence-electron chi connectivity index (χ0n) is 15.5. The van der Waals surface area contributed by atoms with E-state index in [0.29, 0.717) is 5.91 Å². The molecule has 0 bridgehead atoms. The van der Waals surface area contributed by atoms with E-state index in [-0.39, 0.29) is 17.7 Å². The Morgan fingerprint density at radius 2 is 1.56 bits per heavy atom. The van der Waals surface area contributed by atoms with Crippen LogP contribution in [-0.4, -0.2) is 29.8 Å². The Hall–Kier alpha value is -1.84. The van der Waals surface area contributed by atoms with Gasteiger partial charge in [-0.15, -0.1) is 0 Å². The van der Waals surface area contributed by atoms with Crippen molar-refractivity contribution < 1.29 is 9.59 Å². The number of carbonyl (C=O) groups is 2. The quantitative estimate of drug-likeness (QED) is 0.902. The van der Waals surface area contributed by atoms with Crippen LogP contribution in [0.25, 0.3) is 0 Å². The zero-order chi connectivity index (χ0) is 17.8. The molecule has 0 atom stereocenters. The first-order chi connectivity index (χ1) is 12.0. The van der Waals surface area contributed by atoms with Crippen LogP contribution in [0, 0.1) is 24.7 Å². The number of aryl methyl sites for hydroxylation is 1. The van der Waals surface area contributed by atoms with Gasteiger partial charge in [0.2, 0.25) is 11.8 Å². The summed E-state index contributed by atoms with van der Waals surface area (Å²) in [4.78, 5) is 27.3. The maximum Gasteiger partial charge on any atom is 0.227 e. The smallest absolute Gasteiger partial charge is 0.227 e. The predicted octanol–water partition coefficient (Wildman–Crippen LogP) is 4.00. The van der Waals surface area contributed by atoms with Gasteiger partial charge in [0.05, 0.1) is 0 Å². The minimum atomic E-state index is 0.0324. The fourth-order valence-electron chi connectivity index (χ4n) is 4.04. The third-order valence-electron chi connectivity index (χ3n) is 5.95. The molecule has 0 spiro atoms. The Kier molecular flexibility index (Phi) is 5.77. The molecule has 3 rings (SSSR count). The number of likely N-dealkylation sites (tertiary alicyclic amines) is 1. The third-order valence-corrected chi connectivity index (χ3v) is 5.95. The summed E-state index contributed by atoms with van der Waals surface area (Å²) >= 11 is 0. The second kappa shape index (κ2) is 8.03. The first-order valence-electron chi connectivity index (χ1n) is 9.70. The molecule has 1 N–H and O–H groups in total. The summed E-state index contributed by atoms with van der Waals surface area (Å²) in [5.41, 5.74) is 1.98. The second-order valence-corrected chi connectivity index (χ2v) is 7.86. The van der Waals surface area contributed by atoms with E-state index in [4.69, 9.17) is 0 Å². The highest BCUT2D eigenvalue weighted by Gasteiger charge is 2.33. The van der Waals surface area contributed by atoms with Gasteiger partial charge in [-0.1, -0.05) is 25.1 Å². The van der Waals surface area contributed by atoms with E-state index in [9.17, 15) is 9.59 Å². The molecule has 1 aromatic rings. The van der Waals surface area contributed by atoms with Crippen molar-refractivity contribution in [1.82, 2.24) is 4.90 Å². The largest absolute Gasteiger partial charge is 0.342 e. The summed E-state index contributed by atoms with van der Waals surface area (Å²) < 4.78 is 0. The highest BCUT2D eigenvalue weighted by atomic mass is 16.2. The van der Waals surface area contributed by atoms with E-state index >= 15 is 0 Å². The molecule has 1 saturated carbocycles. The van der Waals surface area contributed by atoms with Crippen LogP contribution in [-0.2, 0) is 9.59 Å². The van der Waals surface area contributed by atoms with Crippen molar-refractivity contribution in [2.45, 2.75) is 52.4 Å². The monoisotopic (exact) mass is 342 g/mol. The lowest BCUT2D eigenvalue weighted by Gasteiger charge is -2.35. The third kappa shape index (κ3) is 4.42. The first kappa shape index (κ1) is 18.0. The predicted molar refractivity (Wildman–Crippen MR) is 100 cm³/mol. The fourth-order valence-corrected chi connectivity index (χ4v) is 4.04. The molecule has 0 radical (unpaired) electrons. The molecule has 2 fully saturated rings. The molecule has 1 aliphatic carbocycles. The second-order valence-electron chi connectivity index (χ2n) is 7.86. The summed E-state index contributed by atoms with van der Waals surface area (Å²) in [5, 5.41) is 3.06. The molecule has 1 saturated heterocycles. The van der Waals surface area contributed by atoms with Gasteiger partial charge >= 0.3 is 0 Å². The lowest BCUT2D eigenvalue weighted by molar-refractivity contribution is -0.139. The number of hydrogen-bond donors (Lipinski definition) is 1. The number of para-hydroxylation sites is 1. The number of anilines is 1. The van der Waals surface area contributed by atoms with Crippen LogP contribution >= 0.6 is 0 Å². The highest BCUT2D eigenvalue weighted by molar-refractivity contribution is 5.93. The number of nitrogens with one attached hydrogen (secondary N) is 1. The summed E-state index contributed by atoms with van der Waals surface area (Å²) in [7, 11) is 0. The minimum Gasteiger partial charge on any atom is -0.342 e. The lowest BCUT2D eigenvalue weighted by Crippen LogP contribution is -2.42. The number of benzene rings is 1. The Labute approximate surface area is 151 Å². The average Bonchev–Trinajstić information content (AvgIpc) is 2.64. The van der Waals surface area contributed by atoms with E-state index in [2.05, 4.69) is 17.1 Å². The zero-order valence-corrected chi connectivity index (χ0v) is 15.5. The molecule has 1 heterocycles. The van der Waals surface area contributed by atoms with Gasteiger partial charge in [0.1, 0.15) is 0 Å². The van der Waals surface area contributed by atoms with Crippen LogP contribution < -0.4 is 5.32 Å². The van der Waals surface area contributed by atoms with Crippen LogP contribution in [0.2, 0.25) is 0 Å². The number of carbonyl (C=O) groups excluding carboxylic acids is 2. The SMILES string of the molecule is Cc1ccccc1NC(=O)C1CCC(C(=O)N2CCC(C)CC2)CC1. The van der Waals surface area contributed by atoms with E-state index in [1.165, 1.54) is 0 Å². The maximum absolute atomic E-state index is 12.7. The normalized spacial score (nSPS) is 24.8. The van der Waals surface area contributed by atoms with Crippen molar-refractivity contribution in [1.29, 1.82) is 0 Å². The van der Waals surface area contributed by atoms with Gasteiger partial charge in [-0.3, -0.25) is 9.59 Å². The van der Waals surface area contributed by atoms with Crippen LogP contribution in [0.15, 0.2) is 24.3 Å². The fraction of sp³-hybridized carbons (Fsp3) is 0.619. The molecule has 4 nitrogen and oxygen atoms in total. The number of hydrogen-bond acceptors (Lipinski definition) is 2. The van der Waals surface area contributed by atoms with Crippen molar-refractivity contribution >= 4 is 17.5 Å². The van der Waals surface area contributed by atoms with Gasteiger partial charge in [-0.25, -0.2) is 0 Å². The molecule has 2 amide bonds. The molecule has 1 aliphatic heterocycles. The lowest BCUT2D eigenvalue weighted by atomic mass is 9.80. The average molecular weight is 342 g/mol. The van der Waals surface area contributed by atoms with E-state index in [1.807, 2.05) is 31.2 Å². The molecule has 0 unspecified atom stereocenters. The molecule has 0 aromatic heterocycles. The van der Waals surface area contributed by atoms with Gasteiger partial charge in [0, 0.05) is 30.6 Å². The van der Waals surface area contributed by atoms with Crippen molar-refractivity contribution in [2.24, 2.45) is 17.8 Å². The Morgan fingerprint density at radius 1 is 0.960 bits per heavy atom. The maximum atomic E-state index is 12.7. The molecule has 136 valence electrons. The molecule has 1 aromatic carbocycles. The van der Waals surface area contributed by atoms with Gasteiger partial charge in [-0.2, -0.15) is 0 Å². The summed E-state index contributed by atoms with van der Waals surface area (Å²) in [6.07, 6.45) is 5.57. The number of piperidine rings is 1. The van der Waals surface area contributed by atoms with E-state index < -0.39 is 0 Å². The van der Waals surface area contributed by atoms with Gasteiger partial charge in [0.15, 0.2) is 0 Å². The molecule has 4 heteroatoms. The summed E-state index contributed by atoms with van der Waals surface area (Å²) in [6, 6.07) is 7.87. The molecule has 2 aliphatic rings. The van der Waals surface area contributed by atoms with Crippen LogP contribution in [0.1, 0.15) is 51.0 Å². The molecular formula is C21H30N2O2. The van der Waals surface area contributed by atoms with E-state index in [1.54, 1.807) is 0 Å². The highest BCUT2D eigenvalue weighted by Crippen LogP contribution is 2.32. The van der Waals surface area contributed by atoms with Crippen LogP contribution in [0.3, 0.4) is 0 Å². The number of nitrogens with zero attached hydrogens (tertiary/aromatic N) is 1. The Balaban J connectivity index is 1.49.